The summed E-state index contributed by atoms with van der Waals surface area (Å²) in [6.07, 6.45) is 1.64. The van der Waals surface area contributed by atoms with E-state index in [4.69, 9.17) is 4.74 Å². The summed E-state index contributed by atoms with van der Waals surface area (Å²) in [5, 5.41) is 3.57. The maximum absolute atomic E-state index is 12.5. The molecule has 4 aromatic rings. The molecule has 0 saturated carbocycles. The molecule has 0 fully saturated rings. The van der Waals surface area contributed by atoms with E-state index in [1.807, 2.05) is 56.3 Å². The molecule has 6 heteroatoms. The van der Waals surface area contributed by atoms with Gasteiger partial charge in [-0.1, -0.05) is 36.4 Å². The number of benzene rings is 2. The first kappa shape index (κ1) is 19.4. The minimum atomic E-state index is -0.433. The third-order valence-electron chi connectivity index (χ3n) is 4.81. The van der Waals surface area contributed by atoms with Crippen LogP contribution >= 0.6 is 0 Å². The van der Waals surface area contributed by atoms with Crippen LogP contribution in [0, 0.1) is 13.8 Å². The Balaban J connectivity index is 1.43. The van der Waals surface area contributed by atoms with Gasteiger partial charge in [0.2, 0.25) is 5.88 Å². The number of amides is 1. The number of carbonyl (C=O) groups is 1. The molecule has 0 spiro atoms. The van der Waals surface area contributed by atoms with E-state index in [-0.39, 0.29) is 12.1 Å². The van der Waals surface area contributed by atoms with Gasteiger partial charge in [-0.15, -0.1) is 0 Å². The van der Waals surface area contributed by atoms with Gasteiger partial charge in [0.05, 0.1) is 0 Å². The summed E-state index contributed by atoms with van der Waals surface area (Å²) in [6.45, 7) is 4.24. The van der Waals surface area contributed by atoms with Crippen molar-refractivity contribution in [3.05, 3.63) is 99.5 Å². The van der Waals surface area contributed by atoms with Gasteiger partial charge in [0, 0.05) is 24.3 Å². The van der Waals surface area contributed by atoms with Crippen LogP contribution in [0.5, 0.6) is 11.6 Å². The average molecular weight is 399 g/mol. The van der Waals surface area contributed by atoms with E-state index in [2.05, 4.69) is 15.3 Å². The normalized spacial score (nSPS) is 10.7. The van der Waals surface area contributed by atoms with Gasteiger partial charge in [-0.3, -0.25) is 9.59 Å². The molecule has 2 N–H and O–H groups in total. The van der Waals surface area contributed by atoms with E-state index < -0.39 is 11.5 Å². The molecule has 0 aliphatic heterocycles. The van der Waals surface area contributed by atoms with E-state index in [9.17, 15) is 9.59 Å². The average Bonchev–Trinajstić information content (AvgIpc) is 2.75. The molecule has 0 atom stereocenters. The lowest BCUT2D eigenvalue weighted by Crippen LogP contribution is -2.29. The summed E-state index contributed by atoms with van der Waals surface area (Å²) >= 11 is 0. The number of hydrogen-bond acceptors (Lipinski definition) is 4. The summed E-state index contributed by atoms with van der Waals surface area (Å²) in [5.74, 6) is 0.807. The van der Waals surface area contributed by atoms with E-state index in [1.165, 1.54) is 0 Å². The second kappa shape index (κ2) is 8.21. The number of ether oxygens (including phenoxy) is 1. The molecule has 2 aromatic heterocycles. The Morgan fingerprint density at radius 1 is 1.07 bits per heavy atom. The van der Waals surface area contributed by atoms with E-state index in [0.717, 1.165) is 27.8 Å². The Morgan fingerprint density at radius 3 is 2.70 bits per heavy atom. The van der Waals surface area contributed by atoms with Gasteiger partial charge in [0.15, 0.2) is 0 Å². The zero-order valence-electron chi connectivity index (χ0n) is 16.7. The molecular formula is C24H21N3O3. The minimum Gasteiger partial charge on any atom is -0.439 e. The van der Waals surface area contributed by atoms with E-state index in [0.29, 0.717) is 11.4 Å². The number of para-hydroxylation sites is 1. The van der Waals surface area contributed by atoms with Crippen LogP contribution in [0.4, 0.5) is 0 Å². The predicted molar refractivity (Wildman–Crippen MR) is 116 cm³/mol. The highest BCUT2D eigenvalue weighted by molar-refractivity contribution is 5.97. The fourth-order valence-electron chi connectivity index (χ4n) is 3.10. The SMILES string of the molecule is Cc1ccc(C)c(Oc2ccc(CNC(=O)c3cc4ccccc4[nH]c3=O)cn2)c1. The number of aromatic nitrogens is 2. The van der Waals surface area contributed by atoms with Crippen molar-refractivity contribution in [3.8, 4) is 11.6 Å². The third-order valence-corrected chi connectivity index (χ3v) is 4.81. The van der Waals surface area contributed by atoms with Gasteiger partial charge in [0.1, 0.15) is 11.3 Å². The topological polar surface area (TPSA) is 84.1 Å². The number of rotatable bonds is 5. The van der Waals surface area contributed by atoms with Crippen LogP contribution in [0.3, 0.4) is 0 Å². The number of nitrogens with zero attached hydrogens (tertiary/aromatic N) is 1. The van der Waals surface area contributed by atoms with Crippen molar-refractivity contribution in [1.82, 2.24) is 15.3 Å². The molecule has 0 radical (unpaired) electrons. The van der Waals surface area contributed by atoms with Crippen molar-refractivity contribution in [2.24, 2.45) is 0 Å². The number of fused-ring (bicyclic) bond motifs is 1. The third kappa shape index (κ3) is 4.22. The smallest absolute Gasteiger partial charge is 0.261 e. The number of hydrogen-bond donors (Lipinski definition) is 2. The Morgan fingerprint density at radius 2 is 1.90 bits per heavy atom. The van der Waals surface area contributed by atoms with Crippen LogP contribution in [0.2, 0.25) is 0 Å². The summed E-state index contributed by atoms with van der Waals surface area (Å²) in [4.78, 5) is 31.7. The second-order valence-corrected chi connectivity index (χ2v) is 7.16. The molecule has 1 amide bonds. The molecule has 0 saturated heterocycles. The molecule has 0 aliphatic carbocycles. The fraction of sp³-hybridized carbons (Fsp3) is 0.125. The highest BCUT2D eigenvalue weighted by atomic mass is 16.5. The molecule has 0 unspecified atom stereocenters. The quantitative estimate of drug-likeness (QED) is 0.525. The van der Waals surface area contributed by atoms with Crippen molar-refractivity contribution < 1.29 is 9.53 Å². The number of pyridine rings is 2. The Hall–Kier alpha value is -3.93. The van der Waals surface area contributed by atoms with Crippen molar-refractivity contribution in [2.45, 2.75) is 20.4 Å². The maximum atomic E-state index is 12.5. The van der Waals surface area contributed by atoms with Gasteiger partial charge in [-0.05, 0) is 54.1 Å². The first-order chi connectivity index (χ1) is 14.5. The number of aromatic amines is 1. The zero-order valence-corrected chi connectivity index (χ0v) is 16.7. The van der Waals surface area contributed by atoms with Gasteiger partial charge in [-0.25, -0.2) is 4.98 Å². The van der Waals surface area contributed by atoms with Crippen LogP contribution in [-0.4, -0.2) is 15.9 Å². The largest absolute Gasteiger partial charge is 0.439 e. The lowest BCUT2D eigenvalue weighted by atomic mass is 10.1. The standard InChI is InChI=1S/C24H21N3O3/c1-15-7-8-16(2)21(11-15)30-22-10-9-17(13-25-22)14-26-23(28)19-12-18-5-3-4-6-20(18)27-24(19)29/h3-13H,14H2,1-2H3,(H,26,28)(H,27,29). The number of H-pyrrole nitrogens is 1. The summed E-state index contributed by atoms with van der Waals surface area (Å²) in [5.41, 5.74) is 3.30. The number of aryl methyl sites for hydroxylation is 2. The van der Waals surface area contributed by atoms with Gasteiger partial charge in [0.25, 0.3) is 11.5 Å². The Kier molecular flexibility index (Phi) is 5.30. The molecule has 4 rings (SSSR count). The summed E-state index contributed by atoms with van der Waals surface area (Å²) in [7, 11) is 0. The molecule has 0 bridgehead atoms. The van der Waals surface area contributed by atoms with Crippen LogP contribution in [0.15, 0.2) is 71.7 Å². The lowest BCUT2D eigenvalue weighted by Gasteiger charge is -2.10. The predicted octanol–water partition coefficient (Wildman–Crippen LogP) is 4.26. The van der Waals surface area contributed by atoms with Crippen molar-refractivity contribution >= 4 is 16.8 Å². The first-order valence-electron chi connectivity index (χ1n) is 9.60. The summed E-state index contributed by atoms with van der Waals surface area (Å²) < 4.78 is 5.85. The van der Waals surface area contributed by atoms with E-state index >= 15 is 0 Å². The molecule has 30 heavy (non-hydrogen) atoms. The van der Waals surface area contributed by atoms with Crippen LogP contribution in [0.25, 0.3) is 10.9 Å². The zero-order chi connectivity index (χ0) is 21.1. The van der Waals surface area contributed by atoms with Crippen molar-refractivity contribution in [3.63, 3.8) is 0 Å². The molecular weight excluding hydrogens is 378 g/mol. The Labute approximate surface area is 173 Å². The van der Waals surface area contributed by atoms with Crippen LogP contribution in [0.1, 0.15) is 27.0 Å². The highest BCUT2D eigenvalue weighted by Crippen LogP contribution is 2.24. The second-order valence-electron chi connectivity index (χ2n) is 7.16. The number of carbonyl (C=O) groups excluding carboxylic acids is 1. The summed E-state index contributed by atoms with van der Waals surface area (Å²) in [6, 6.07) is 18.5. The number of nitrogens with one attached hydrogen (secondary N) is 2. The monoisotopic (exact) mass is 399 g/mol. The van der Waals surface area contributed by atoms with Crippen molar-refractivity contribution in [1.29, 1.82) is 0 Å². The molecule has 2 aromatic carbocycles. The highest BCUT2D eigenvalue weighted by Gasteiger charge is 2.12. The molecule has 2 heterocycles. The van der Waals surface area contributed by atoms with E-state index in [1.54, 1.807) is 24.4 Å². The van der Waals surface area contributed by atoms with Gasteiger partial charge in [-0.2, -0.15) is 0 Å². The fourth-order valence-corrected chi connectivity index (χ4v) is 3.10. The minimum absolute atomic E-state index is 0.0801. The molecule has 6 nitrogen and oxygen atoms in total. The Bertz CT molecular complexity index is 1280. The van der Waals surface area contributed by atoms with Gasteiger partial charge >= 0.3 is 0 Å². The lowest BCUT2D eigenvalue weighted by molar-refractivity contribution is 0.0949. The maximum Gasteiger partial charge on any atom is 0.261 e. The molecule has 0 aliphatic rings. The van der Waals surface area contributed by atoms with Crippen LogP contribution < -0.4 is 15.6 Å². The first-order valence-corrected chi connectivity index (χ1v) is 9.60. The van der Waals surface area contributed by atoms with Crippen molar-refractivity contribution in [2.75, 3.05) is 0 Å². The van der Waals surface area contributed by atoms with Gasteiger partial charge < -0.3 is 15.0 Å². The molecule has 150 valence electrons. The van der Waals surface area contributed by atoms with Crippen LogP contribution in [-0.2, 0) is 6.54 Å².